The Bertz CT molecular complexity index is 936. The molecule has 0 bridgehead atoms. The lowest BCUT2D eigenvalue weighted by Gasteiger charge is -2.09. The van der Waals surface area contributed by atoms with Crippen molar-refractivity contribution < 1.29 is 18.7 Å². The molecule has 5 heteroatoms. The molecule has 0 unspecified atom stereocenters. The third kappa shape index (κ3) is 4.70. The van der Waals surface area contributed by atoms with Gasteiger partial charge in [0.15, 0.2) is 18.0 Å². The fourth-order valence-corrected chi connectivity index (χ4v) is 2.60. The molecule has 1 aromatic heterocycles. The molecule has 3 rings (SSSR count). The van der Waals surface area contributed by atoms with Gasteiger partial charge in [0.05, 0.1) is 0 Å². The van der Waals surface area contributed by atoms with E-state index in [4.69, 9.17) is 9.15 Å². The number of hydrogen-bond acceptors (Lipinski definition) is 5. The van der Waals surface area contributed by atoms with Crippen molar-refractivity contribution in [3.05, 3.63) is 71.6 Å². The molecule has 0 saturated carbocycles. The predicted octanol–water partition coefficient (Wildman–Crippen LogP) is 4.78. The summed E-state index contributed by atoms with van der Waals surface area (Å²) in [5, 5.41) is 0. The molecule has 27 heavy (non-hydrogen) atoms. The van der Waals surface area contributed by atoms with E-state index in [0.717, 1.165) is 6.42 Å². The number of carbonyl (C=O) groups is 2. The van der Waals surface area contributed by atoms with Gasteiger partial charge in [0.25, 0.3) is 0 Å². The van der Waals surface area contributed by atoms with Gasteiger partial charge in [0.2, 0.25) is 5.89 Å². The molecule has 138 valence electrons. The van der Waals surface area contributed by atoms with Crippen molar-refractivity contribution in [1.82, 2.24) is 4.98 Å². The molecule has 0 saturated heterocycles. The molecule has 0 spiro atoms. The minimum absolute atomic E-state index is 0.241. The maximum absolute atomic E-state index is 12.2. The van der Waals surface area contributed by atoms with Crippen molar-refractivity contribution in [2.24, 2.45) is 0 Å². The molecule has 3 aromatic rings. The van der Waals surface area contributed by atoms with Crippen molar-refractivity contribution in [3.63, 3.8) is 0 Å². The van der Waals surface area contributed by atoms with Crippen LogP contribution in [0.4, 0.5) is 0 Å². The lowest BCUT2D eigenvalue weighted by Crippen LogP contribution is -2.12. The number of benzene rings is 2. The molecule has 0 fully saturated rings. The first kappa shape index (κ1) is 18.6. The monoisotopic (exact) mass is 363 g/mol. The molecule has 5 nitrogen and oxygen atoms in total. The van der Waals surface area contributed by atoms with Crippen LogP contribution >= 0.6 is 0 Å². The average molecular weight is 363 g/mol. The molecule has 0 aliphatic rings. The Labute approximate surface area is 157 Å². The highest BCUT2D eigenvalue weighted by Crippen LogP contribution is 2.19. The first-order valence-electron chi connectivity index (χ1n) is 8.90. The van der Waals surface area contributed by atoms with Gasteiger partial charge in [-0.25, -0.2) is 9.78 Å². The number of fused-ring (bicyclic) bond motifs is 1. The van der Waals surface area contributed by atoms with Gasteiger partial charge in [-0.3, -0.25) is 4.79 Å². The number of rotatable bonds is 7. The summed E-state index contributed by atoms with van der Waals surface area (Å²) in [5.74, 6) is -0.111. The number of oxazole rings is 1. The zero-order valence-corrected chi connectivity index (χ0v) is 15.3. The van der Waals surface area contributed by atoms with Crippen LogP contribution in [-0.2, 0) is 9.53 Å². The lowest BCUT2D eigenvalue weighted by molar-refractivity contribution is -0.136. The van der Waals surface area contributed by atoms with Crippen LogP contribution in [0.5, 0.6) is 0 Å². The van der Waals surface area contributed by atoms with Crippen LogP contribution in [0.25, 0.3) is 17.2 Å². The summed E-state index contributed by atoms with van der Waals surface area (Å²) in [4.78, 5) is 28.2. The Morgan fingerprint density at radius 3 is 2.59 bits per heavy atom. The number of carbonyl (C=O) groups excluding carboxylic acids is 2. The van der Waals surface area contributed by atoms with Gasteiger partial charge in [0.1, 0.15) is 5.52 Å². The fraction of sp³-hybridized carbons (Fsp3) is 0.227. The Kier molecular flexibility index (Phi) is 5.81. The SMILES string of the molecule is CC[C@@H](C)c1ccc(C(=O)COC(=O)/C=C/c2nc3ccccc3o2)cc1. The number of aromatic nitrogens is 1. The van der Waals surface area contributed by atoms with Gasteiger partial charge in [0, 0.05) is 17.7 Å². The van der Waals surface area contributed by atoms with Crippen LogP contribution in [-0.4, -0.2) is 23.3 Å². The predicted molar refractivity (Wildman–Crippen MR) is 103 cm³/mol. The van der Waals surface area contributed by atoms with Crippen molar-refractivity contribution in [3.8, 4) is 0 Å². The number of esters is 1. The molecule has 1 heterocycles. The Morgan fingerprint density at radius 1 is 1.15 bits per heavy atom. The van der Waals surface area contributed by atoms with E-state index in [1.165, 1.54) is 17.7 Å². The van der Waals surface area contributed by atoms with Crippen molar-refractivity contribution in [2.75, 3.05) is 6.61 Å². The van der Waals surface area contributed by atoms with Crippen molar-refractivity contribution in [2.45, 2.75) is 26.2 Å². The van der Waals surface area contributed by atoms with Gasteiger partial charge >= 0.3 is 5.97 Å². The summed E-state index contributed by atoms with van der Waals surface area (Å²) in [6.45, 7) is 3.96. The van der Waals surface area contributed by atoms with Crippen LogP contribution in [0.1, 0.15) is 48.0 Å². The van der Waals surface area contributed by atoms with E-state index >= 15 is 0 Å². The Hall–Kier alpha value is -3.21. The number of nitrogens with zero attached hydrogens (tertiary/aromatic N) is 1. The standard InChI is InChI=1S/C22H21NO4/c1-3-15(2)16-8-10-17(11-9-16)19(24)14-26-22(25)13-12-21-23-18-6-4-5-7-20(18)27-21/h4-13,15H,3,14H2,1-2H3/b13-12+/t15-/m1/s1. The average Bonchev–Trinajstić information content (AvgIpc) is 3.13. The smallest absolute Gasteiger partial charge is 0.331 e. The van der Waals surface area contributed by atoms with E-state index in [1.807, 2.05) is 30.3 Å². The van der Waals surface area contributed by atoms with Gasteiger partial charge < -0.3 is 9.15 Å². The number of ether oxygens (including phenoxy) is 1. The number of hydrogen-bond donors (Lipinski definition) is 0. The normalized spacial score (nSPS) is 12.4. The molecule has 0 amide bonds. The van der Waals surface area contributed by atoms with E-state index in [2.05, 4.69) is 18.8 Å². The van der Waals surface area contributed by atoms with Gasteiger partial charge in [-0.1, -0.05) is 50.2 Å². The molecule has 0 N–H and O–H groups in total. The van der Waals surface area contributed by atoms with Crippen LogP contribution < -0.4 is 0 Å². The number of para-hydroxylation sites is 2. The quantitative estimate of drug-likeness (QED) is 0.343. The second kappa shape index (κ2) is 8.45. The lowest BCUT2D eigenvalue weighted by atomic mass is 9.97. The minimum atomic E-state index is -0.623. The molecule has 0 radical (unpaired) electrons. The Morgan fingerprint density at radius 2 is 1.89 bits per heavy atom. The molecule has 2 aromatic carbocycles. The maximum atomic E-state index is 12.2. The first-order chi connectivity index (χ1) is 13.1. The zero-order valence-electron chi connectivity index (χ0n) is 15.3. The summed E-state index contributed by atoms with van der Waals surface area (Å²) >= 11 is 0. The van der Waals surface area contributed by atoms with Crippen molar-refractivity contribution in [1.29, 1.82) is 0 Å². The van der Waals surface area contributed by atoms with Crippen LogP contribution in [0.3, 0.4) is 0 Å². The summed E-state index contributed by atoms with van der Waals surface area (Å²) in [5.41, 5.74) is 3.06. The largest absolute Gasteiger partial charge is 0.454 e. The Balaban J connectivity index is 1.54. The summed E-state index contributed by atoms with van der Waals surface area (Å²) in [7, 11) is 0. The molecule has 0 aliphatic heterocycles. The summed E-state index contributed by atoms with van der Waals surface area (Å²) < 4.78 is 10.5. The molecular weight excluding hydrogens is 342 g/mol. The highest BCUT2D eigenvalue weighted by Gasteiger charge is 2.10. The second-order valence-corrected chi connectivity index (χ2v) is 6.32. The summed E-state index contributed by atoms with van der Waals surface area (Å²) in [6.07, 6.45) is 3.66. The van der Waals surface area contributed by atoms with E-state index in [0.29, 0.717) is 28.5 Å². The topological polar surface area (TPSA) is 69.4 Å². The molecule has 0 aliphatic carbocycles. The third-order valence-corrected chi connectivity index (χ3v) is 4.43. The van der Waals surface area contributed by atoms with Gasteiger partial charge in [-0.2, -0.15) is 0 Å². The van der Waals surface area contributed by atoms with Crippen molar-refractivity contribution >= 4 is 28.9 Å². The molecule has 1 atom stereocenters. The summed E-state index contributed by atoms with van der Waals surface area (Å²) in [6, 6.07) is 14.7. The highest BCUT2D eigenvalue weighted by molar-refractivity contribution is 5.98. The zero-order chi connectivity index (χ0) is 19.2. The van der Waals surface area contributed by atoms with Gasteiger partial charge in [-0.15, -0.1) is 0 Å². The first-order valence-corrected chi connectivity index (χ1v) is 8.90. The third-order valence-electron chi connectivity index (χ3n) is 4.43. The van der Waals surface area contributed by atoms with E-state index in [-0.39, 0.29) is 12.4 Å². The minimum Gasteiger partial charge on any atom is -0.454 e. The number of Topliss-reactive ketones (excluding diaryl/α,β-unsaturated/α-hetero) is 1. The van der Waals surface area contributed by atoms with E-state index in [1.54, 1.807) is 18.2 Å². The molecular formula is C22H21NO4. The number of ketones is 1. The van der Waals surface area contributed by atoms with Crippen LogP contribution in [0.15, 0.2) is 59.0 Å². The highest BCUT2D eigenvalue weighted by atomic mass is 16.5. The van der Waals surface area contributed by atoms with Crippen LogP contribution in [0, 0.1) is 0 Å². The van der Waals surface area contributed by atoms with E-state index < -0.39 is 5.97 Å². The van der Waals surface area contributed by atoms with Crippen LogP contribution in [0.2, 0.25) is 0 Å². The fourth-order valence-electron chi connectivity index (χ4n) is 2.60. The maximum Gasteiger partial charge on any atom is 0.331 e. The van der Waals surface area contributed by atoms with E-state index in [9.17, 15) is 9.59 Å². The second-order valence-electron chi connectivity index (χ2n) is 6.32. The van der Waals surface area contributed by atoms with Gasteiger partial charge in [-0.05, 0) is 30.0 Å².